The van der Waals surface area contributed by atoms with E-state index < -0.39 is 16.1 Å². The summed E-state index contributed by atoms with van der Waals surface area (Å²) in [7, 11) is -3.63. The van der Waals surface area contributed by atoms with Crippen molar-refractivity contribution in [2.24, 2.45) is 0 Å². The summed E-state index contributed by atoms with van der Waals surface area (Å²) >= 11 is 0. The first-order valence-corrected chi connectivity index (χ1v) is 11.4. The van der Waals surface area contributed by atoms with Crippen molar-refractivity contribution in [1.82, 2.24) is 9.21 Å². The zero-order valence-corrected chi connectivity index (χ0v) is 16.1. The van der Waals surface area contributed by atoms with E-state index in [1.807, 2.05) is 17.0 Å². The predicted octanol–water partition coefficient (Wildman–Crippen LogP) is 2.73. The van der Waals surface area contributed by atoms with Gasteiger partial charge in [0.15, 0.2) is 0 Å². The summed E-state index contributed by atoms with van der Waals surface area (Å²) in [5.74, 6) is 0.00346. The summed E-state index contributed by atoms with van der Waals surface area (Å²) in [5.41, 5.74) is 2.44. The van der Waals surface area contributed by atoms with Crippen LogP contribution in [-0.2, 0) is 27.7 Å². The quantitative estimate of drug-likeness (QED) is 0.815. The highest BCUT2D eigenvalue weighted by molar-refractivity contribution is 7.89. The van der Waals surface area contributed by atoms with E-state index in [1.54, 1.807) is 6.07 Å². The normalized spacial score (nSPS) is 24.5. The molecule has 0 bridgehead atoms. The standard InChI is InChI=1S/C20H28N2O3S/c23-20(21-12-5-6-13-21)19-9-3-4-14-22(19)26(24,25)18-11-10-16-7-1-2-8-17(16)15-18/h10-11,15,19H,1-9,12-14H2. The molecule has 2 aliphatic heterocycles. The molecule has 0 saturated carbocycles. The number of carbonyl (C=O) groups is 1. The van der Waals surface area contributed by atoms with Gasteiger partial charge in [-0.15, -0.1) is 0 Å². The van der Waals surface area contributed by atoms with Gasteiger partial charge in [0.1, 0.15) is 6.04 Å². The average Bonchev–Trinajstić information content (AvgIpc) is 3.22. The Hall–Kier alpha value is -1.40. The van der Waals surface area contributed by atoms with Gasteiger partial charge in [0, 0.05) is 19.6 Å². The van der Waals surface area contributed by atoms with Gasteiger partial charge in [-0.3, -0.25) is 4.79 Å². The third-order valence-corrected chi connectivity index (χ3v) is 7.99. The van der Waals surface area contributed by atoms with E-state index in [9.17, 15) is 13.2 Å². The van der Waals surface area contributed by atoms with Crippen molar-refractivity contribution in [3.05, 3.63) is 29.3 Å². The number of likely N-dealkylation sites (tertiary alicyclic amines) is 1. The zero-order chi connectivity index (χ0) is 18.1. The Labute approximate surface area is 156 Å². The van der Waals surface area contributed by atoms with Gasteiger partial charge in [0.05, 0.1) is 4.90 Å². The Kier molecular flexibility index (Phi) is 5.06. The molecule has 1 aromatic rings. The molecule has 6 heteroatoms. The van der Waals surface area contributed by atoms with Crippen LogP contribution in [0.3, 0.4) is 0 Å². The molecule has 5 nitrogen and oxygen atoms in total. The number of sulfonamides is 1. The van der Waals surface area contributed by atoms with Crippen LogP contribution in [-0.4, -0.2) is 49.2 Å². The molecule has 1 aliphatic carbocycles. The maximum atomic E-state index is 13.4. The molecule has 1 aromatic carbocycles. The van der Waals surface area contributed by atoms with Crippen LogP contribution >= 0.6 is 0 Å². The minimum Gasteiger partial charge on any atom is -0.341 e. The summed E-state index contributed by atoms with van der Waals surface area (Å²) in [6.45, 7) is 1.98. The van der Waals surface area contributed by atoms with Crippen molar-refractivity contribution in [3.8, 4) is 0 Å². The molecule has 3 aliphatic rings. The Morgan fingerprint density at radius 2 is 1.58 bits per heavy atom. The predicted molar refractivity (Wildman–Crippen MR) is 100 cm³/mol. The van der Waals surface area contributed by atoms with E-state index in [4.69, 9.17) is 0 Å². The van der Waals surface area contributed by atoms with Gasteiger partial charge in [-0.1, -0.05) is 12.5 Å². The summed E-state index contributed by atoms with van der Waals surface area (Å²) in [6.07, 6.45) is 8.72. The average molecular weight is 377 g/mol. The van der Waals surface area contributed by atoms with Crippen molar-refractivity contribution in [1.29, 1.82) is 0 Å². The SMILES string of the molecule is O=C(C1CCCCN1S(=O)(=O)c1ccc2c(c1)CCCC2)N1CCCC1. The fraction of sp³-hybridized carbons (Fsp3) is 0.650. The summed E-state index contributed by atoms with van der Waals surface area (Å²) in [5, 5.41) is 0. The van der Waals surface area contributed by atoms with Crippen molar-refractivity contribution in [2.45, 2.75) is 68.7 Å². The van der Waals surface area contributed by atoms with E-state index in [-0.39, 0.29) is 5.91 Å². The van der Waals surface area contributed by atoms with Gasteiger partial charge in [-0.2, -0.15) is 4.31 Å². The summed E-state index contributed by atoms with van der Waals surface area (Å²) in [4.78, 5) is 15.2. The molecule has 0 aromatic heterocycles. The van der Waals surface area contributed by atoms with Gasteiger partial charge in [0.25, 0.3) is 0 Å². The molecular formula is C20H28N2O3S. The van der Waals surface area contributed by atoms with Crippen molar-refractivity contribution >= 4 is 15.9 Å². The van der Waals surface area contributed by atoms with Crippen LogP contribution in [0.25, 0.3) is 0 Å². The van der Waals surface area contributed by atoms with Crippen molar-refractivity contribution in [3.63, 3.8) is 0 Å². The number of benzene rings is 1. The van der Waals surface area contributed by atoms with E-state index in [0.717, 1.165) is 63.6 Å². The fourth-order valence-corrected chi connectivity index (χ4v) is 6.30. The topological polar surface area (TPSA) is 57.7 Å². The fourth-order valence-electron chi connectivity index (χ4n) is 4.59. The van der Waals surface area contributed by atoms with Crippen LogP contribution < -0.4 is 0 Å². The van der Waals surface area contributed by atoms with Gasteiger partial charge in [-0.05, 0) is 74.6 Å². The largest absolute Gasteiger partial charge is 0.341 e. The van der Waals surface area contributed by atoms with Gasteiger partial charge < -0.3 is 4.90 Å². The molecule has 1 amide bonds. The lowest BCUT2D eigenvalue weighted by Gasteiger charge is -2.36. The highest BCUT2D eigenvalue weighted by Gasteiger charge is 2.40. The van der Waals surface area contributed by atoms with E-state index in [2.05, 4.69) is 0 Å². The Bertz CT molecular complexity index is 784. The Balaban J connectivity index is 1.63. The van der Waals surface area contributed by atoms with Gasteiger partial charge in [-0.25, -0.2) is 8.42 Å². The number of aryl methyl sites for hydroxylation is 2. The molecule has 2 saturated heterocycles. The second-order valence-electron chi connectivity index (χ2n) is 7.80. The maximum Gasteiger partial charge on any atom is 0.243 e. The first kappa shape index (κ1) is 18.0. The molecule has 26 heavy (non-hydrogen) atoms. The van der Waals surface area contributed by atoms with Crippen molar-refractivity contribution in [2.75, 3.05) is 19.6 Å². The lowest BCUT2D eigenvalue weighted by Crippen LogP contribution is -2.52. The van der Waals surface area contributed by atoms with Gasteiger partial charge in [0.2, 0.25) is 15.9 Å². The minimum absolute atomic E-state index is 0.00346. The van der Waals surface area contributed by atoms with Gasteiger partial charge >= 0.3 is 0 Å². The van der Waals surface area contributed by atoms with Crippen LogP contribution in [0.4, 0.5) is 0 Å². The molecule has 0 spiro atoms. The zero-order valence-electron chi connectivity index (χ0n) is 15.3. The van der Waals surface area contributed by atoms with Crippen molar-refractivity contribution < 1.29 is 13.2 Å². The molecule has 0 N–H and O–H groups in total. The number of piperidine rings is 1. The minimum atomic E-state index is -3.63. The van der Waals surface area contributed by atoms with Crippen LogP contribution in [0.1, 0.15) is 56.1 Å². The van der Waals surface area contributed by atoms with Crippen LogP contribution in [0.5, 0.6) is 0 Å². The molecule has 142 valence electrons. The molecule has 0 radical (unpaired) electrons. The number of hydrogen-bond donors (Lipinski definition) is 0. The maximum absolute atomic E-state index is 13.4. The first-order valence-electron chi connectivity index (χ1n) is 10.00. The lowest BCUT2D eigenvalue weighted by atomic mass is 9.92. The number of fused-ring (bicyclic) bond motifs is 1. The molecule has 1 atom stereocenters. The third-order valence-electron chi connectivity index (χ3n) is 6.08. The summed E-state index contributed by atoms with van der Waals surface area (Å²) in [6, 6.07) is 5.05. The summed E-state index contributed by atoms with van der Waals surface area (Å²) < 4.78 is 28.2. The van der Waals surface area contributed by atoms with E-state index in [0.29, 0.717) is 17.9 Å². The highest BCUT2D eigenvalue weighted by Crippen LogP contribution is 2.30. The molecule has 2 heterocycles. The number of nitrogens with zero attached hydrogens (tertiary/aromatic N) is 2. The Morgan fingerprint density at radius 1 is 0.885 bits per heavy atom. The second-order valence-corrected chi connectivity index (χ2v) is 9.69. The van der Waals surface area contributed by atoms with Crippen LogP contribution in [0, 0.1) is 0 Å². The first-order chi connectivity index (χ1) is 12.6. The number of rotatable bonds is 3. The highest BCUT2D eigenvalue weighted by atomic mass is 32.2. The lowest BCUT2D eigenvalue weighted by molar-refractivity contribution is -0.135. The third kappa shape index (κ3) is 3.29. The molecular weight excluding hydrogens is 348 g/mol. The van der Waals surface area contributed by atoms with E-state index >= 15 is 0 Å². The monoisotopic (exact) mass is 376 g/mol. The second kappa shape index (κ2) is 7.31. The number of amides is 1. The number of hydrogen-bond acceptors (Lipinski definition) is 3. The molecule has 1 unspecified atom stereocenters. The smallest absolute Gasteiger partial charge is 0.243 e. The van der Waals surface area contributed by atoms with Crippen LogP contribution in [0.15, 0.2) is 23.1 Å². The van der Waals surface area contributed by atoms with Crippen LogP contribution in [0.2, 0.25) is 0 Å². The Morgan fingerprint density at radius 3 is 2.35 bits per heavy atom. The van der Waals surface area contributed by atoms with E-state index in [1.165, 1.54) is 16.3 Å². The molecule has 2 fully saturated rings. The molecule has 4 rings (SSSR count). The number of carbonyl (C=O) groups excluding carboxylic acids is 1.